The van der Waals surface area contributed by atoms with Gasteiger partial charge >= 0.3 is 0 Å². The topological polar surface area (TPSA) is 80.6 Å². The number of ether oxygens (including phenoxy) is 1. The first kappa shape index (κ1) is 21.5. The molecule has 31 heavy (non-hydrogen) atoms. The Bertz CT molecular complexity index is 1040. The molecule has 2 aromatic rings. The summed E-state index contributed by atoms with van der Waals surface area (Å²) in [7, 11) is 0. The van der Waals surface area contributed by atoms with Crippen LogP contribution >= 0.6 is 0 Å². The van der Waals surface area contributed by atoms with Gasteiger partial charge in [-0.15, -0.1) is 0 Å². The van der Waals surface area contributed by atoms with Crippen molar-refractivity contribution in [1.29, 1.82) is 0 Å². The van der Waals surface area contributed by atoms with Crippen LogP contribution in [0.5, 0.6) is 0 Å². The molecule has 4 rings (SSSR count). The van der Waals surface area contributed by atoms with E-state index in [1.165, 1.54) is 4.57 Å². The van der Waals surface area contributed by atoms with Crippen molar-refractivity contribution >= 4 is 11.7 Å². The van der Waals surface area contributed by atoms with Crippen LogP contribution < -0.4 is 10.9 Å². The minimum absolute atomic E-state index is 0.0294. The number of hydrogen-bond donors (Lipinski definition) is 1. The molecule has 0 saturated carbocycles. The maximum atomic E-state index is 13.4. The van der Waals surface area contributed by atoms with E-state index in [1.54, 1.807) is 18.3 Å². The summed E-state index contributed by atoms with van der Waals surface area (Å²) < 4.78 is 6.78. The van der Waals surface area contributed by atoms with E-state index in [2.05, 4.69) is 10.2 Å². The number of aromatic nitrogens is 1. The summed E-state index contributed by atoms with van der Waals surface area (Å²) in [5, 5.41) is 2.91. The summed E-state index contributed by atoms with van der Waals surface area (Å²) >= 11 is 0. The standard InChI is InChI=1S/C24H29N3O4/c1-24(2)14-18-19(20(28)15-24)16-27(17-6-4-3-5-7-17)23(30)21(18)22(29)25-8-9-26-10-12-31-13-11-26/h3-7,16H,8-15H2,1-2H3,(H,25,29). The molecule has 7 heteroatoms. The number of para-hydroxylation sites is 1. The number of nitrogens with one attached hydrogen (secondary N) is 1. The number of carbonyl (C=O) groups excluding carboxylic acids is 2. The van der Waals surface area contributed by atoms with Gasteiger partial charge in [-0.3, -0.25) is 23.9 Å². The molecule has 164 valence electrons. The van der Waals surface area contributed by atoms with E-state index in [-0.39, 0.29) is 22.3 Å². The van der Waals surface area contributed by atoms with E-state index < -0.39 is 5.91 Å². The fraction of sp³-hybridized carbons (Fsp3) is 0.458. The molecular weight excluding hydrogens is 394 g/mol. The zero-order valence-electron chi connectivity index (χ0n) is 18.1. The zero-order valence-corrected chi connectivity index (χ0v) is 18.1. The Kier molecular flexibility index (Phi) is 6.07. The summed E-state index contributed by atoms with van der Waals surface area (Å²) in [4.78, 5) is 41.8. The van der Waals surface area contributed by atoms with Gasteiger partial charge in [0.2, 0.25) is 0 Å². The molecule has 0 radical (unpaired) electrons. The quantitative estimate of drug-likeness (QED) is 0.796. The highest BCUT2D eigenvalue weighted by atomic mass is 16.5. The van der Waals surface area contributed by atoms with Crippen molar-refractivity contribution in [3.8, 4) is 5.69 Å². The van der Waals surface area contributed by atoms with E-state index in [0.29, 0.717) is 56.0 Å². The molecule has 2 aliphatic rings. The average Bonchev–Trinajstić information content (AvgIpc) is 2.74. The van der Waals surface area contributed by atoms with Crippen molar-refractivity contribution in [2.75, 3.05) is 39.4 Å². The lowest BCUT2D eigenvalue weighted by atomic mass is 9.73. The second-order valence-electron chi connectivity index (χ2n) is 9.06. The molecule has 1 saturated heterocycles. The van der Waals surface area contributed by atoms with Gasteiger partial charge in [0.15, 0.2) is 5.78 Å². The summed E-state index contributed by atoms with van der Waals surface area (Å²) in [6, 6.07) is 9.11. The summed E-state index contributed by atoms with van der Waals surface area (Å²) in [5.41, 5.74) is 1.08. The number of morpholine rings is 1. The van der Waals surface area contributed by atoms with E-state index >= 15 is 0 Å². The Morgan fingerprint density at radius 2 is 1.81 bits per heavy atom. The molecule has 7 nitrogen and oxygen atoms in total. The lowest BCUT2D eigenvalue weighted by Gasteiger charge is -2.31. The largest absolute Gasteiger partial charge is 0.379 e. The molecule has 1 aliphatic carbocycles. The number of pyridine rings is 1. The van der Waals surface area contributed by atoms with E-state index in [0.717, 1.165) is 13.1 Å². The first-order valence-electron chi connectivity index (χ1n) is 10.8. The highest BCUT2D eigenvalue weighted by molar-refractivity contribution is 6.04. The second-order valence-corrected chi connectivity index (χ2v) is 9.06. The van der Waals surface area contributed by atoms with Gasteiger partial charge in [-0.1, -0.05) is 32.0 Å². The van der Waals surface area contributed by atoms with Gasteiger partial charge in [-0.25, -0.2) is 0 Å². The van der Waals surface area contributed by atoms with Crippen molar-refractivity contribution in [1.82, 2.24) is 14.8 Å². The fourth-order valence-electron chi connectivity index (χ4n) is 4.40. The van der Waals surface area contributed by atoms with Crippen LogP contribution in [-0.4, -0.2) is 60.6 Å². The van der Waals surface area contributed by atoms with Crippen LogP contribution in [0.15, 0.2) is 41.3 Å². The molecule has 1 fully saturated rings. The molecule has 0 spiro atoms. The van der Waals surface area contributed by atoms with E-state index in [4.69, 9.17) is 4.74 Å². The first-order chi connectivity index (χ1) is 14.9. The SMILES string of the molecule is CC1(C)CC(=O)c2cn(-c3ccccc3)c(=O)c(C(=O)NCCN3CCOCC3)c2C1. The monoisotopic (exact) mass is 423 g/mol. The Morgan fingerprint density at radius 3 is 2.52 bits per heavy atom. The predicted molar refractivity (Wildman–Crippen MR) is 118 cm³/mol. The highest BCUT2D eigenvalue weighted by Gasteiger charge is 2.35. The number of carbonyl (C=O) groups is 2. The van der Waals surface area contributed by atoms with Crippen molar-refractivity contribution < 1.29 is 14.3 Å². The Morgan fingerprint density at radius 1 is 1.10 bits per heavy atom. The number of rotatable bonds is 5. The maximum absolute atomic E-state index is 13.4. The van der Waals surface area contributed by atoms with Crippen LogP contribution in [0, 0.1) is 5.41 Å². The maximum Gasteiger partial charge on any atom is 0.268 e. The van der Waals surface area contributed by atoms with Crippen molar-refractivity contribution in [2.24, 2.45) is 5.41 Å². The lowest BCUT2D eigenvalue weighted by Crippen LogP contribution is -2.43. The molecule has 1 N–H and O–H groups in total. The van der Waals surface area contributed by atoms with Gasteiger partial charge in [0.25, 0.3) is 11.5 Å². The van der Waals surface area contributed by atoms with Gasteiger partial charge in [0, 0.05) is 50.0 Å². The van der Waals surface area contributed by atoms with E-state index in [1.807, 2.05) is 32.0 Å². The molecule has 1 aromatic heterocycles. The van der Waals surface area contributed by atoms with Crippen LogP contribution in [-0.2, 0) is 11.2 Å². The third-order valence-corrected chi connectivity index (χ3v) is 5.99. The summed E-state index contributed by atoms with van der Waals surface area (Å²) in [5.74, 6) is -0.441. The normalized spacial score (nSPS) is 18.5. The lowest BCUT2D eigenvalue weighted by molar-refractivity contribution is 0.0383. The molecule has 1 amide bonds. The minimum Gasteiger partial charge on any atom is -0.379 e. The number of Topliss-reactive ketones (excluding diaryl/α,β-unsaturated/α-hetero) is 1. The number of ketones is 1. The number of hydrogen-bond acceptors (Lipinski definition) is 5. The average molecular weight is 424 g/mol. The first-order valence-corrected chi connectivity index (χ1v) is 10.8. The fourth-order valence-corrected chi connectivity index (χ4v) is 4.40. The zero-order chi connectivity index (χ0) is 22.0. The van der Waals surface area contributed by atoms with Crippen LogP contribution in [0.1, 0.15) is 46.5 Å². The number of benzene rings is 1. The Labute approximate surface area is 182 Å². The molecular formula is C24H29N3O4. The number of fused-ring (bicyclic) bond motifs is 1. The third-order valence-electron chi connectivity index (χ3n) is 5.99. The Hall–Kier alpha value is -2.77. The highest BCUT2D eigenvalue weighted by Crippen LogP contribution is 2.35. The smallest absolute Gasteiger partial charge is 0.268 e. The van der Waals surface area contributed by atoms with Crippen molar-refractivity contribution in [2.45, 2.75) is 26.7 Å². The molecule has 0 unspecified atom stereocenters. The molecule has 0 bridgehead atoms. The Balaban J connectivity index is 1.69. The van der Waals surface area contributed by atoms with Gasteiger partial charge in [0.05, 0.1) is 13.2 Å². The van der Waals surface area contributed by atoms with Crippen LogP contribution in [0.25, 0.3) is 5.69 Å². The van der Waals surface area contributed by atoms with Crippen LogP contribution in [0.3, 0.4) is 0 Å². The predicted octanol–water partition coefficient (Wildman–Crippen LogP) is 2.05. The molecule has 2 heterocycles. The van der Waals surface area contributed by atoms with Gasteiger partial charge in [0.1, 0.15) is 5.56 Å². The van der Waals surface area contributed by atoms with Gasteiger partial charge in [-0.2, -0.15) is 0 Å². The molecule has 0 atom stereocenters. The number of amides is 1. The summed E-state index contributed by atoms with van der Waals surface area (Å²) in [6.07, 6.45) is 2.52. The minimum atomic E-state index is -0.412. The third kappa shape index (κ3) is 4.62. The van der Waals surface area contributed by atoms with Crippen molar-refractivity contribution in [3.05, 3.63) is 63.6 Å². The van der Waals surface area contributed by atoms with E-state index in [9.17, 15) is 14.4 Å². The van der Waals surface area contributed by atoms with Crippen molar-refractivity contribution in [3.63, 3.8) is 0 Å². The number of nitrogens with zero attached hydrogens (tertiary/aromatic N) is 2. The van der Waals surface area contributed by atoms with Gasteiger partial charge < -0.3 is 10.1 Å². The van der Waals surface area contributed by atoms with Gasteiger partial charge in [-0.05, 0) is 29.5 Å². The summed E-state index contributed by atoms with van der Waals surface area (Å²) in [6.45, 7) is 8.18. The molecule has 1 aliphatic heterocycles. The van der Waals surface area contributed by atoms with Crippen LogP contribution in [0.2, 0.25) is 0 Å². The van der Waals surface area contributed by atoms with Crippen LogP contribution in [0.4, 0.5) is 0 Å². The second kappa shape index (κ2) is 8.77. The molecule has 1 aromatic carbocycles.